The number of hydrogen-bond donors (Lipinski definition) is 0. The van der Waals surface area contributed by atoms with Crippen LogP contribution in [0.2, 0.25) is 0 Å². The summed E-state index contributed by atoms with van der Waals surface area (Å²) in [5.74, 6) is 0.274. The minimum atomic E-state index is 0.0933. The minimum Gasteiger partial charge on any atom is -0.341 e. The van der Waals surface area contributed by atoms with Crippen molar-refractivity contribution >= 4 is 23.2 Å². The highest BCUT2D eigenvalue weighted by molar-refractivity contribution is 7.12. The van der Waals surface area contributed by atoms with Crippen LogP contribution in [0.15, 0.2) is 17.5 Å². The first-order chi connectivity index (χ1) is 8.72. The number of carbonyl (C=O) groups excluding carboxylic acids is 2. The van der Waals surface area contributed by atoms with Crippen LogP contribution in [0, 0.1) is 0 Å². The maximum Gasteiger partial charge on any atom is 0.263 e. The SMILES string of the molecule is CCC(=O)N1CCCN(C(=O)c2cccs2)CC1. The Morgan fingerprint density at radius 3 is 2.61 bits per heavy atom. The van der Waals surface area contributed by atoms with Crippen molar-refractivity contribution in [2.75, 3.05) is 26.2 Å². The van der Waals surface area contributed by atoms with E-state index in [0.717, 1.165) is 24.4 Å². The van der Waals surface area contributed by atoms with Crippen LogP contribution in [0.1, 0.15) is 29.4 Å². The van der Waals surface area contributed by atoms with Gasteiger partial charge in [-0.15, -0.1) is 11.3 Å². The van der Waals surface area contributed by atoms with Crippen LogP contribution in [0.4, 0.5) is 0 Å². The van der Waals surface area contributed by atoms with Gasteiger partial charge in [-0.05, 0) is 17.9 Å². The van der Waals surface area contributed by atoms with Crippen LogP contribution in [0.3, 0.4) is 0 Å². The Hall–Kier alpha value is -1.36. The fourth-order valence-electron chi connectivity index (χ4n) is 2.15. The third kappa shape index (κ3) is 2.90. The molecule has 2 amide bonds. The van der Waals surface area contributed by atoms with E-state index in [4.69, 9.17) is 0 Å². The van der Waals surface area contributed by atoms with Crippen molar-refractivity contribution in [3.63, 3.8) is 0 Å². The fourth-order valence-corrected chi connectivity index (χ4v) is 2.84. The van der Waals surface area contributed by atoms with Gasteiger partial charge in [0, 0.05) is 32.6 Å². The van der Waals surface area contributed by atoms with E-state index in [-0.39, 0.29) is 11.8 Å². The summed E-state index contributed by atoms with van der Waals surface area (Å²) >= 11 is 1.47. The van der Waals surface area contributed by atoms with Gasteiger partial charge in [-0.1, -0.05) is 13.0 Å². The number of rotatable bonds is 2. The van der Waals surface area contributed by atoms with Gasteiger partial charge < -0.3 is 9.80 Å². The second kappa shape index (κ2) is 6.00. The normalized spacial score (nSPS) is 16.5. The summed E-state index contributed by atoms with van der Waals surface area (Å²) in [6.45, 7) is 4.68. The molecule has 18 heavy (non-hydrogen) atoms. The van der Waals surface area contributed by atoms with E-state index >= 15 is 0 Å². The molecule has 0 radical (unpaired) electrons. The average molecular weight is 266 g/mol. The summed E-state index contributed by atoms with van der Waals surface area (Å²) in [5.41, 5.74) is 0. The Morgan fingerprint density at radius 2 is 1.94 bits per heavy atom. The standard InChI is InChI=1S/C13H18N2O2S/c1-2-12(16)14-6-4-7-15(9-8-14)13(17)11-5-3-10-18-11/h3,5,10H,2,4,6-9H2,1H3. The lowest BCUT2D eigenvalue weighted by Crippen LogP contribution is -2.36. The highest BCUT2D eigenvalue weighted by Crippen LogP contribution is 2.14. The number of thiophene rings is 1. The van der Waals surface area contributed by atoms with E-state index in [9.17, 15) is 9.59 Å². The summed E-state index contributed by atoms with van der Waals surface area (Å²) in [5, 5.41) is 1.91. The molecule has 5 heteroatoms. The Balaban J connectivity index is 1.97. The molecule has 0 aliphatic carbocycles. The topological polar surface area (TPSA) is 40.6 Å². The Bertz CT molecular complexity index is 417. The molecule has 0 bridgehead atoms. The van der Waals surface area contributed by atoms with Crippen molar-refractivity contribution in [3.05, 3.63) is 22.4 Å². The molecule has 0 saturated carbocycles. The quantitative estimate of drug-likeness (QED) is 0.819. The van der Waals surface area contributed by atoms with Gasteiger partial charge in [-0.2, -0.15) is 0 Å². The largest absolute Gasteiger partial charge is 0.341 e. The highest BCUT2D eigenvalue weighted by atomic mass is 32.1. The zero-order chi connectivity index (χ0) is 13.0. The molecule has 1 fully saturated rings. The third-order valence-electron chi connectivity index (χ3n) is 3.17. The van der Waals surface area contributed by atoms with Gasteiger partial charge in [0.15, 0.2) is 0 Å². The summed E-state index contributed by atoms with van der Waals surface area (Å²) < 4.78 is 0. The third-order valence-corrected chi connectivity index (χ3v) is 4.03. The number of amides is 2. The zero-order valence-electron chi connectivity index (χ0n) is 10.6. The van der Waals surface area contributed by atoms with Gasteiger partial charge in [0.05, 0.1) is 4.88 Å². The van der Waals surface area contributed by atoms with Crippen LogP contribution in [0.5, 0.6) is 0 Å². The molecule has 4 nitrogen and oxygen atoms in total. The molecule has 1 saturated heterocycles. The van der Waals surface area contributed by atoms with Crippen molar-refractivity contribution in [2.45, 2.75) is 19.8 Å². The van der Waals surface area contributed by atoms with Gasteiger partial charge in [-0.25, -0.2) is 0 Å². The molecule has 2 rings (SSSR count). The van der Waals surface area contributed by atoms with E-state index in [2.05, 4.69) is 0 Å². The molecule has 0 spiro atoms. The van der Waals surface area contributed by atoms with Gasteiger partial charge in [-0.3, -0.25) is 9.59 Å². The van der Waals surface area contributed by atoms with Crippen LogP contribution >= 0.6 is 11.3 Å². The molecule has 1 aromatic heterocycles. The number of carbonyl (C=O) groups is 2. The Morgan fingerprint density at radius 1 is 1.22 bits per heavy atom. The van der Waals surface area contributed by atoms with Crippen molar-refractivity contribution in [1.82, 2.24) is 9.80 Å². The van der Waals surface area contributed by atoms with Crippen molar-refractivity contribution in [3.8, 4) is 0 Å². The molecular formula is C13H18N2O2S. The predicted octanol–water partition coefficient (Wildman–Crippen LogP) is 1.83. The molecule has 1 aliphatic heterocycles. The minimum absolute atomic E-state index is 0.0933. The molecular weight excluding hydrogens is 248 g/mol. The summed E-state index contributed by atoms with van der Waals surface area (Å²) in [4.78, 5) is 28.3. The molecule has 1 aliphatic rings. The second-order valence-corrected chi connectivity index (χ2v) is 5.31. The monoisotopic (exact) mass is 266 g/mol. The van der Waals surface area contributed by atoms with Crippen LogP contribution in [-0.2, 0) is 4.79 Å². The highest BCUT2D eigenvalue weighted by Gasteiger charge is 2.22. The summed E-state index contributed by atoms with van der Waals surface area (Å²) in [6, 6.07) is 3.75. The first-order valence-electron chi connectivity index (χ1n) is 6.33. The van der Waals surface area contributed by atoms with E-state index in [1.807, 2.05) is 34.2 Å². The zero-order valence-corrected chi connectivity index (χ0v) is 11.4. The van der Waals surface area contributed by atoms with Crippen molar-refractivity contribution < 1.29 is 9.59 Å². The lowest BCUT2D eigenvalue weighted by Gasteiger charge is -2.21. The smallest absolute Gasteiger partial charge is 0.263 e. The van der Waals surface area contributed by atoms with Gasteiger partial charge >= 0.3 is 0 Å². The average Bonchev–Trinajstić information content (AvgIpc) is 2.81. The lowest BCUT2D eigenvalue weighted by molar-refractivity contribution is -0.130. The van der Waals surface area contributed by atoms with Gasteiger partial charge in [0.1, 0.15) is 0 Å². The molecule has 1 aromatic rings. The second-order valence-electron chi connectivity index (χ2n) is 4.36. The van der Waals surface area contributed by atoms with Crippen LogP contribution in [-0.4, -0.2) is 47.8 Å². The van der Waals surface area contributed by atoms with E-state index in [1.54, 1.807) is 0 Å². The van der Waals surface area contributed by atoms with E-state index in [0.29, 0.717) is 19.5 Å². The summed E-state index contributed by atoms with van der Waals surface area (Å²) in [6.07, 6.45) is 1.40. The maximum atomic E-state index is 12.2. The van der Waals surface area contributed by atoms with E-state index in [1.165, 1.54) is 11.3 Å². The molecule has 0 N–H and O–H groups in total. The molecule has 0 aromatic carbocycles. The first-order valence-corrected chi connectivity index (χ1v) is 7.21. The molecule has 2 heterocycles. The molecule has 0 unspecified atom stereocenters. The van der Waals surface area contributed by atoms with Gasteiger partial charge in [0.25, 0.3) is 5.91 Å². The number of hydrogen-bond acceptors (Lipinski definition) is 3. The fraction of sp³-hybridized carbons (Fsp3) is 0.538. The maximum absolute atomic E-state index is 12.2. The lowest BCUT2D eigenvalue weighted by atomic mass is 10.3. The van der Waals surface area contributed by atoms with Gasteiger partial charge in [0.2, 0.25) is 5.91 Å². The first kappa shape index (κ1) is 13.1. The van der Waals surface area contributed by atoms with Crippen molar-refractivity contribution in [2.24, 2.45) is 0 Å². The number of nitrogens with zero attached hydrogens (tertiary/aromatic N) is 2. The van der Waals surface area contributed by atoms with E-state index < -0.39 is 0 Å². The molecule has 0 atom stereocenters. The molecule has 98 valence electrons. The predicted molar refractivity (Wildman–Crippen MR) is 71.7 cm³/mol. The van der Waals surface area contributed by atoms with Crippen LogP contribution < -0.4 is 0 Å². The van der Waals surface area contributed by atoms with Crippen LogP contribution in [0.25, 0.3) is 0 Å². The Kier molecular flexibility index (Phi) is 4.36. The van der Waals surface area contributed by atoms with Crippen molar-refractivity contribution in [1.29, 1.82) is 0 Å². The Labute approximate surface area is 111 Å². The summed E-state index contributed by atoms with van der Waals surface area (Å²) in [7, 11) is 0.